The van der Waals surface area contributed by atoms with Gasteiger partial charge in [-0.2, -0.15) is 21.6 Å². The smallest absolute Gasteiger partial charge is 0.416 e. The van der Waals surface area contributed by atoms with E-state index in [1.54, 1.807) is 6.92 Å². The maximum absolute atomic E-state index is 13.8. The van der Waals surface area contributed by atoms with E-state index >= 15 is 0 Å². The number of rotatable bonds is 11. The van der Waals surface area contributed by atoms with Crippen molar-refractivity contribution in [2.75, 3.05) is 26.5 Å². The molecule has 0 saturated heterocycles. The molecule has 0 unspecified atom stereocenters. The van der Waals surface area contributed by atoms with Crippen LogP contribution >= 0.6 is 11.8 Å². The number of nitrogens with one attached hydrogen (secondary N) is 1. The second kappa shape index (κ2) is 13.0. The highest BCUT2D eigenvalue weighted by molar-refractivity contribution is 7.99. The number of allylic oxidation sites excluding steroid dienone is 3. The summed E-state index contributed by atoms with van der Waals surface area (Å²) in [5.74, 6) is -1.07. The number of amides is 1. The van der Waals surface area contributed by atoms with Crippen LogP contribution in [0.2, 0.25) is 0 Å². The molecule has 0 saturated carbocycles. The summed E-state index contributed by atoms with van der Waals surface area (Å²) < 4.78 is 83.9. The highest BCUT2D eigenvalue weighted by atomic mass is 32.2. The highest BCUT2D eigenvalue weighted by Crippen LogP contribution is 2.35. The molecule has 3 N–H and O–H groups in total. The number of aliphatic imine (C=N–C) groups is 1. The molecule has 0 spiro atoms. The molecule has 0 heterocycles. The van der Waals surface area contributed by atoms with Gasteiger partial charge in [-0.25, -0.2) is 14.3 Å². The fourth-order valence-corrected chi connectivity index (χ4v) is 4.65. The molecule has 0 aliphatic heterocycles. The fraction of sp³-hybridized carbons (Fsp3) is 0.250. The van der Waals surface area contributed by atoms with Gasteiger partial charge in [0.05, 0.1) is 12.7 Å². The summed E-state index contributed by atoms with van der Waals surface area (Å²) in [7, 11) is -1.23. The van der Waals surface area contributed by atoms with E-state index in [4.69, 9.17) is 9.88 Å². The van der Waals surface area contributed by atoms with Gasteiger partial charge >= 0.3 is 6.18 Å². The monoisotopic (exact) mass is 574 g/mol. The fourth-order valence-electron chi connectivity index (χ4n) is 3.27. The Morgan fingerprint density at radius 3 is 2.53 bits per heavy atom. The quantitative estimate of drug-likeness (QED) is 0.135. The Kier molecular flexibility index (Phi) is 10.6. The number of carbonyl (C=O) groups is 1. The van der Waals surface area contributed by atoms with Gasteiger partial charge in [0.15, 0.2) is 0 Å². The SMILES string of the molecule is C=N/C=C\C(=C(/C)N(C)C(=O)c1cc(SCCNS(N)(=O)=O)cc(C(F)(F)F)c1)c1ccc(F)cc1OC. The Bertz CT molecular complexity index is 1360. The van der Waals surface area contributed by atoms with Crippen molar-refractivity contribution in [2.45, 2.75) is 18.0 Å². The van der Waals surface area contributed by atoms with Crippen LogP contribution in [-0.2, 0) is 16.4 Å². The number of alkyl halides is 3. The second-order valence-corrected chi connectivity index (χ2v) is 10.3. The van der Waals surface area contributed by atoms with Crippen LogP contribution in [0.5, 0.6) is 5.75 Å². The lowest BCUT2D eigenvalue weighted by Crippen LogP contribution is -2.32. The van der Waals surface area contributed by atoms with E-state index in [9.17, 15) is 30.8 Å². The van der Waals surface area contributed by atoms with E-state index in [-0.39, 0.29) is 28.5 Å². The summed E-state index contributed by atoms with van der Waals surface area (Å²) in [6.07, 6.45) is -1.89. The van der Waals surface area contributed by atoms with E-state index in [0.29, 0.717) is 16.8 Å². The van der Waals surface area contributed by atoms with Crippen LogP contribution in [0.4, 0.5) is 17.6 Å². The van der Waals surface area contributed by atoms with Gasteiger partial charge in [-0.3, -0.25) is 9.79 Å². The summed E-state index contributed by atoms with van der Waals surface area (Å²) in [6, 6.07) is 6.67. The lowest BCUT2D eigenvalue weighted by molar-refractivity contribution is -0.137. The summed E-state index contributed by atoms with van der Waals surface area (Å²) >= 11 is 0.916. The van der Waals surface area contributed by atoms with Crippen LogP contribution in [0.3, 0.4) is 0 Å². The molecule has 0 aliphatic carbocycles. The molecule has 0 atom stereocenters. The van der Waals surface area contributed by atoms with Gasteiger partial charge in [0.25, 0.3) is 16.1 Å². The summed E-state index contributed by atoms with van der Waals surface area (Å²) in [6.45, 7) is 4.80. The molecule has 0 fully saturated rings. The molecule has 2 rings (SSSR count). The molecular weight excluding hydrogens is 548 g/mol. The standard InChI is InChI=1S/C24H26F4N4O4S2/c1-15(20(7-8-30-2)21-6-5-18(25)14-22(21)36-4)32(3)23(33)16-11-17(24(26,27)28)13-19(12-16)37-10-9-31-38(29,34)35/h5-8,11-14,31H,2,9-10H2,1,3-4H3,(H2,29,34,35)/b8-7-,20-15-. The van der Waals surface area contributed by atoms with E-state index < -0.39 is 33.7 Å². The molecule has 8 nitrogen and oxygen atoms in total. The van der Waals surface area contributed by atoms with Crippen molar-refractivity contribution in [1.29, 1.82) is 0 Å². The zero-order chi connectivity index (χ0) is 28.7. The van der Waals surface area contributed by atoms with Gasteiger partial charge in [0.1, 0.15) is 11.6 Å². The zero-order valence-corrected chi connectivity index (χ0v) is 22.3. The number of hydrogen-bond acceptors (Lipinski definition) is 6. The predicted octanol–water partition coefficient (Wildman–Crippen LogP) is 4.46. The molecule has 0 aliphatic rings. The van der Waals surface area contributed by atoms with E-state index in [1.807, 2.05) is 4.72 Å². The normalized spacial score (nSPS) is 12.8. The Morgan fingerprint density at radius 2 is 1.95 bits per heavy atom. The molecule has 14 heteroatoms. The van der Waals surface area contributed by atoms with Gasteiger partial charge in [-0.1, -0.05) is 0 Å². The average Bonchev–Trinajstić information content (AvgIpc) is 2.85. The first-order chi connectivity index (χ1) is 17.7. The third-order valence-electron chi connectivity index (χ3n) is 5.15. The van der Waals surface area contributed by atoms with Crippen LogP contribution in [-0.4, -0.2) is 52.4 Å². The van der Waals surface area contributed by atoms with Gasteiger partial charge in [-0.05, 0) is 50.0 Å². The van der Waals surface area contributed by atoms with Gasteiger partial charge in [0, 0.05) is 58.9 Å². The summed E-state index contributed by atoms with van der Waals surface area (Å²) in [5.41, 5.74) is -0.186. The average molecular weight is 575 g/mol. The van der Waals surface area contributed by atoms with E-state index in [1.165, 1.54) is 44.6 Å². The maximum Gasteiger partial charge on any atom is 0.416 e. The lowest BCUT2D eigenvalue weighted by atomic mass is 10.0. The van der Waals surface area contributed by atoms with E-state index in [2.05, 4.69) is 11.7 Å². The molecule has 2 aromatic carbocycles. The summed E-state index contributed by atoms with van der Waals surface area (Å²) in [5, 5.41) is 4.85. The molecular formula is C24H26F4N4O4S2. The third-order valence-corrected chi connectivity index (χ3v) is 6.74. The predicted molar refractivity (Wildman–Crippen MR) is 140 cm³/mol. The minimum atomic E-state index is -4.74. The van der Waals surface area contributed by atoms with Crippen molar-refractivity contribution in [3.8, 4) is 5.75 Å². The van der Waals surface area contributed by atoms with Crippen LogP contribution in [0.1, 0.15) is 28.4 Å². The molecule has 206 valence electrons. The zero-order valence-electron chi connectivity index (χ0n) is 20.7. The van der Waals surface area contributed by atoms with Crippen molar-refractivity contribution >= 4 is 40.2 Å². The van der Waals surface area contributed by atoms with Gasteiger partial charge in [0.2, 0.25) is 0 Å². The van der Waals surface area contributed by atoms with Gasteiger partial charge < -0.3 is 9.64 Å². The van der Waals surface area contributed by atoms with Crippen LogP contribution in [0.25, 0.3) is 5.57 Å². The van der Waals surface area contributed by atoms with Crippen LogP contribution < -0.4 is 14.6 Å². The highest BCUT2D eigenvalue weighted by Gasteiger charge is 2.32. The largest absolute Gasteiger partial charge is 0.496 e. The Balaban J connectivity index is 2.52. The first-order valence-corrected chi connectivity index (χ1v) is 13.3. The van der Waals surface area contributed by atoms with Crippen LogP contribution in [0, 0.1) is 5.82 Å². The van der Waals surface area contributed by atoms with E-state index in [0.717, 1.165) is 34.9 Å². The number of nitrogens with two attached hydrogens (primary N) is 1. The number of methoxy groups -OCH3 is 1. The number of hydrogen-bond donors (Lipinski definition) is 2. The molecule has 0 bridgehead atoms. The third kappa shape index (κ3) is 8.68. The summed E-state index contributed by atoms with van der Waals surface area (Å²) in [4.78, 5) is 18.3. The van der Waals surface area contributed by atoms with Crippen molar-refractivity contribution in [3.63, 3.8) is 0 Å². The molecule has 1 amide bonds. The van der Waals surface area contributed by atoms with Crippen LogP contribution in [0.15, 0.2) is 64.3 Å². The number of thioether (sulfide) groups is 1. The number of halogens is 4. The number of carbonyl (C=O) groups excluding carboxylic acids is 1. The lowest BCUT2D eigenvalue weighted by Gasteiger charge is -2.23. The first kappa shape index (κ1) is 31.0. The van der Waals surface area contributed by atoms with Gasteiger partial charge in [-0.15, -0.1) is 11.8 Å². The molecule has 0 aromatic heterocycles. The number of nitrogens with zero attached hydrogens (tertiary/aromatic N) is 2. The topological polar surface area (TPSA) is 114 Å². The minimum absolute atomic E-state index is 0.0635. The first-order valence-electron chi connectivity index (χ1n) is 10.8. The second-order valence-electron chi connectivity index (χ2n) is 7.74. The van der Waals surface area contributed by atoms with Crippen molar-refractivity contribution < 1.29 is 35.5 Å². The minimum Gasteiger partial charge on any atom is -0.496 e. The number of ether oxygens (including phenoxy) is 1. The molecule has 2 aromatic rings. The van der Waals surface area contributed by atoms with Crippen molar-refractivity contribution in [2.24, 2.45) is 10.1 Å². The number of benzene rings is 2. The van der Waals surface area contributed by atoms with Crippen molar-refractivity contribution in [1.82, 2.24) is 9.62 Å². The Hall–Kier alpha value is -3.20. The molecule has 0 radical (unpaired) electrons. The van der Waals surface area contributed by atoms with Crippen molar-refractivity contribution in [3.05, 3.63) is 76.9 Å². The Morgan fingerprint density at radius 1 is 1.26 bits per heavy atom. The maximum atomic E-state index is 13.8. The Labute approximate surface area is 222 Å². The molecule has 38 heavy (non-hydrogen) atoms.